The van der Waals surface area contributed by atoms with Gasteiger partial charge in [0.25, 0.3) is 0 Å². The number of unbranched alkanes of at least 4 members (excludes halogenated alkanes) is 1. The van der Waals surface area contributed by atoms with Crippen molar-refractivity contribution in [3.8, 4) is 0 Å². The van der Waals surface area contributed by atoms with Gasteiger partial charge in [0.2, 0.25) is 0 Å². The standard InChI is InChI=1S/C12H24N2O2/c1-2-3-9-14-11(15)16-10-12(13)7-5-4-6-8-12/h2-10,13H2,1H3,(H,14,15). The molecule has 4 heteroatoms. The number of alkyl carbamates (subject to hydrolysis) is 1. The molecule has 0 aromatic carbocycles. The SMILES string of the molecule is CCCCNC(=O)OCC1(N)CCCCC1. The van der Waals surface area contributed by atoms with Crippen molar-refractivity contribution in [1.29, 1.82) is 0 Å². The molecule has 94 valence electrons. The summed E-state index contributed by atoms with van der Waals surface area (Å²) in [6.07, 6.45) is 7.22. The van der Waals surface area contributed by atoms with Gasteiger partial charge in [0.05, 0.1) is 5.54 Å². The van der Waals surface area contributed by atoms with E-state index in [4.69, 9.17) is 10.5 Å². The maximum Gasteiger partial charge on any atom is 0.407 e. The maximum absolute atomic E-state index is 11.3. The first-order valence-electron chi connectivity index (χ1n) is 6.36. The monoisotopic (exact) mass is 228 g/mol. The van der Waals surface area contributed by atoms with Crippen molar-refractivity contribution in [3.63, 3.8) is 0 Å². The van der Waals surface area contributed by atoms with E-state index in [0.29, 0.717) is 13.2 Å². The first-order valence-corrected chi connectivity index (χ1v) is 6.36. The van der Waals surface area contributed by atoms with Crippen LogP contribution in [0.4, 0.5) is 4.79 Å². The number of rotatable bonds is 5. The summed E-state index contributed by atoms with van der Waals surface area (Å²) < 4.78 is 5.16. The number of carbonyl (C=O) groups is 1. The van der Waals surface area contributed by atoms with Gasteiger partial charge in [0.15, 0.2) is 0 Å². The van der Waals surface area contributed by atoms with Crippen LogP contribution in [0, 0.1) is 0 Å². The molecule has 0 saturated heterocycles. The molecule has 0 aromatic rings. The second-order valence-corrected chi connectivity index (χ2v) is 4.78. The van der Waals surface area contributed by atoms with Crippen molar-refractivity contribution < 1.29 is 9.53 Å². The first kappa shape index (κ1) is 13.3. The number of hydrogen-bond donors (Lipinski definition) is 2. The lowest BCUT2D eigenvalue weighted by atomic mass is 9.83. The molecular formula is C12H24N2O2. The Balaban J connectivity index is 2.14. The van der Waals surface area contributed by atoms with E-state index in [-0.39, 0.29) is 11.6 Å². The number of ether oxygens (including phenoxy) is 1. The molecule has 1 rings (SSSR count). The lowest BCUT2D eigenvalue weighted by Gasteiger charge is -2.32. The molecule has 1 fully saturated rings. The zero-order chi connectivity index (χ0) is 11.9. The van der Waals surface area contributed by atoms with Crippen molar-refractivity contribution in [3.05, 3.63) is 0 Å². The minimum atomic E-state index is -0.330. The lowest BCUT2D eigenvalue weighted by molar-refractivity contribution is 0.101. The zero-order valence-corrected chi connectivity index (χ0v) is 10.3. The van der Waals surface area contributed by atoms with E-state index in [2.05, 4.69) is 12.2 Å². The zero-order valence-electron chi connectivity index (χ0n) is 10.3. The third-order valence-electron chi connectivity index (χ3n) is 3.14. The van der Waals surface area contributed by atoms with Crippen LogP contribution < -0.4 is 11.1 Å². The number of carbonyl (C=O) groups excluding carboxylic acids is 1. The highest BCUT2D eigenvalue weighted by molar-refractivity contribution is 5.67. The number of amides is 1. The summed E-state index contributed by atoms with van der Waals surface area (Å²) in [6.45, 7) is 3.13. The fraction of sp³-hybridized carbons (Fsp3) is 0.917. The summed E-state index contributed by atoms with van der Waals surface area (Å²) in [5.41, 5.74) is 5.88. The van der Waals surface area contributed by atoms with E-state index in [9.17, 15) is 4.79 Å². The van der Waals surface area contributed by atoms with Crippen LogP contribution in [0.3, 0.4) is 0 Å². The summed E-state index contributed by atoms with van der Waals surface area (Å²) >= 11 is 0. The maximum atomic E-state index is 11.3. The minimum absolute atomic E-state index is 0.277. The highest BCUT2D eigenvalue weighted by Gasteiger charge is 2.28. The van der Waals surface area contributed by atoms with Crippen LogP contribution in [0.2, 0.25) is 0 Å². The average Bonchev–Trinajstić information content (AvgIpc) is 2.28. The molecule has 1 saturated carbocycles. The Labute approximate surface area is 97.9 Å². The fourth-order valence-electron chi connectivity index (χ4n) is 2.03. The quantitative estimate of drug-likeness (QED) is 0.709. The van der Waals surface area contributed by atoms with Crippen LogP contribution >= 0.6 is 0 Å². The molecule has 0 radical (unpaired) electrons. The predicted molar refractivity (Wildman–Crippen MR) is 64.3 cm³/mol. The molecule has 0 unspecified atom stereocenters. The highest BCUT2D eigenvalue weighted by Crippen LogP contribution is 2.25. The summed E-state index contributed by atoms with van der Waals surface area (Å²) in [5.74, 6) is 0. The highest BCUT2D eigenvalue weighted by atomic mass is 16.5. The molecule has 0 heterocycles. The summed E-state index contributed by atoms with van der Waals surface area (Å²) in [4.78, 5) is 11.3. The second kappa shape index (κ2) is 6.74. The first-order chi connectivity index (χ1) is 7.66. The van der Waals surface area contributed by atoms with Gasteiger partial charge in [0.1, 0.15) is 6.61 Å². The molecule has 1 aliphatic rings. The van der Waals surface area contributed by atoms with Gasteiger partial charge in [-0.2, -0.15) is 0 Å². The molecule has 16 heavy (non-hydrogen) atoms. The molecule has 0 aliphatic heterocycles. The van der Waals surface area contributed by atoms with E-state index in [1.807, 2.05) is 0 Å². The van der Waals surface area contributed by atoms with E-state index < -0.39 is 0 Å². The smallest absolute Gasteiger partial charge is 0.407 e. The van der Waals surface area contributed by atoms with Crippen LogP contribution in [-0.4, -0.2) is 24.8 Å². The van der Waals surface area contributed by atoms with Crippen LogP contribution in [0.15, 0.2) is 0 Å². The fourth-order valence-corrected chi connectivity index (χ4v) is 2.03. The summed E-state index contributed by atoms with van der Waals surface area (Å²) in [7, 11) is 0. The Kier molecular flexibility index (Phi) is 5.60. The summed E-state index contributed by atoms with van der Waals surface area (Å²) in [5, 5.41) is 2.72. The van der Waals surface area contributed by atoms with Crippen molar-refractivity contribution in [2.45, 2.75) is 57.4 Å². The molecule has 0 spiro atoms. The lowest BCUT2D eigenvalue weighted by Crippen LogP contribution is -2.47. The molecule has 0 aromatic heterocycles. The minimum Gasteiger partial charge on any atom is -0.448 e. The largest absolute Gasteiger partial charge is 0.448 e. The summed E-state index contributed by atoms with van der Waals surface area (Å²) in [6, 6.07) is 0. The van der Waals surface area contributed by atoms with Crippen LogP contribution in [-0.2, 0) is 4.74 Å². The molecule has 0 atom stereocenters. The number of nitrogens with one attached hydrogen (secondary N) is 1. The van der Waals surface area contributed by atoms with Crippen molar-refractivity contribution >= 4 is 6.09 Å². The van der Waals surface area contributed by atoms with Crippen molar-refractivity contribution in [2.75, 3.05) is 13.2 Å². The van der Waals surface area contributed by atoms with Gasteiger partial charge < -0.3 is 15.8 Å². The third kappa shape index (κ3) is 4.84. The number of hydrogen-bond acceptors (Lipinski definition) is 3. The van der Waals surface area contributed by atoms with Gasteiger partial charge in [-0.05, 0) is 19.3 Å². The van der Waals surface area contributed by atoms with Gasteiger partial charge in [0, 0.05) is 6.54 Å². The molecule has 3 N–H and O–H groups in total. The Morgan fingerprint density at radius 2 is 2.06 bits per heavy atom. The van der Waals surface area contributed by atoms with Gasteiger partial charge >= 0.3 is 6.09 Å². The number of nitrogens with two attached hydrogens (primary N) is 1. The van der Waals surface area contributed by atoms with Crippen LogP contribution in [0.25, 0.3) is 0 Å². The Morgan fingerprint density at radius 1 is 1.38 bits per heavy atom. The van der Waals surface area contributed by atoms with E-state index in [1.54, 1.807) is 0 Å². The van der Waals surface area contributed by atoms with E-state index in [0.717, 1.165) is 38.5 Å². The molecular weight excluding hydrogens is 204 g/mol. The normalized spacial score (nSPS) is 19.1. The van der Waals surface area contributed by atoms with Gasteiger partial charge in [-0.3, -0.25) is 0 Å². The van der Waals surface area contributed by atoms with Crippen molar-refractivity contribution in [2.24, 2.45) is 5.73 Å². The Hall–Kier alpha value is -0.770. The molecule has 1 aliphatic carbocycles. The van der Waals surface area contributed by atoms with Gasteiger partial charge in [-0.15, -0.1) is 0 Å². The molecule has 1 amide bonds. The van der Waals surface area contributed by atoms with E-state index >= 15 is 0 Å². The van der Waals surface area contributed by atoms with Gasteiger partial charge in [-0.1, -0.05) is 32.6 Å². The topological polar surface area (TPSA) is 64.3 Å². The van der Waals surface area contributed by atoms with Crippen molar-refractivity contribution in [1.82, 2.24) is 5.32 Å². The Bertz CT molecular complexity index is 213. The molecule has 4 nitrogen and oxygen atoms in total. The van der Waals surface area contributed by atoms with Crippen LogP contribution in [0.1, 0.15) is 51.9 Å². The third-order valence-corrected chi connectivity index (χ3v) is 3.14. The molecule has 0 bridgehead atoms. The average molecular weight is 228 g/mol. The second-order valence-electron chi connectivity index (χ2n) is 4.78. The Morgan fingerprint density at radius 3 is 2.69 bits per heavy atom. The predicted octanol–water partition coefficient (Wildman–Crippen LogP) is 2.17. The van der Waals surface area contributed by atoms with E-state index in [1.165, 1.54) is 6.42 Å². The van der Waals surface area contributed by atoms with Gasteiger partial charge in [-0.25, -0.2) is 4.79 Å². The van der Waals surface area contributed by atoms with Crippen LogP contribution in [0.5, 0.6) is 0 Å².